The summed E-state index contributed by atoms with van der Waals surface area (Å²) in [5.74, 6) is 1.03. The van der Waals surface area contributed by atoms with Crippen molar-refractivity contribution in [3.05, 3.63) is 36.1 Å². The molecule has 0 unspecified atom stereocenters. The van der Waals surface area contributed by atoms with Crippen LogP contribution >= 0.6 is 0 Å². The van der Waals surface area contributed by atoms with Crippen LogP contribution in [0.1, 0.15) is 19.6 Å². The van der Waals surface area contributed by atoms with Gasteiger partial charge >= 0.3 is 0 Å². The van der Waals surface area contributed by atoms with Gasteiger partial charge in [-0.1, -0.05) is 32.0 Å². The molecular weight excluding hydrogens is 214 g/mol. The molecule has 1 aromatic carbocycles. The topological polar surface area (TPSA) is 42.2 Å². The molecule has 0 saturated carbocycles. The van der Waals surface area contributed by atoms with Crippen molar-refractivity contribution >= 4 is 16.9 Å². The SMILES string of the molecule is CC(C)C(=O)NCCc1cc2ccccc2o1. The van der Waals surface area contributed by atoms with Crippen molar-refractivity contribution in [3.63, 3.8) is 0 Å². The molecule has 0 atom stereocenters. The van der Waals surface area contributed by atoms with Gasteiger partial charge in [-0.05, 0) is 12.1 Å². The van der Waals surface area contributed by atoms with Gasteiger partial charge in [0.05, 0.1) is 0 Å². The molecule has 0 saturated heterocycles. The van der Waals surface area contributed by atoms with Crippen molar-refractivity contribution in [1.29, 1.82) is 0 Å². The number of benzene rings is 1. The maximum atomic E-state index is 11.4. The Balaban J connectivity index is 1.93. The average molecular weight is 231 g/mol. The Bertz CT molecular complexity index is 481. The standard InChI is InChI=1S/C14H17NO2/c1-10(2)14(16)15-8-7-12-9-11-5-3-4-6-13(11)17-12/h3-6,9-10H,7-8H2,1-2H3,(H,15,16). The Labute approximate surface area is 101 Å². The lowest BCUT2D eigenvalue weighted by Crippen LogP contribution is -2.29. The number of fused-ring (bicyclic) bond motifs is 1. The molecule has 1 heterocycles. The van der Waals surface area contributed by atoms with E-state index in [1.165, 1.54) is 0 Å². The number of para-hydroxylation sites is 1. The Hall–Kier alpha value is -1.77. The molecule has 0 radical (unpaired) electrons. The van der Waals surface area contributed by atoms with E-state index in [9.17, 15) is 4.79 Å². The average Bonchev–Trinajstić information content (AvgIpc) is 2.71. The number of carbonyl (C=O) groups is 1. The monoisotopic (exact) mass is 231 g/mol. The third-order valence-electron chi connectivity index (χ3n) is 2.67. The van der Waals surface area contributed by atoms with E-state index in [4.69, 9.17) is 4.42 Å². The number of hydrogen-bond acceptors (Lipinski definition) is 2. The van der Waals surface area contributed by atoms with Gasteiger partial charge in [0.25, 0.3) is 0 Å². The highest BCUT2D eigenvalue weighted by Gasteiger charge is 2.07. The first-order chi connectivity index (χ1) is 8.16. The summed E-state index contributed by atoms with van der Waals surface area (Å²) in [6.45, 7) is 4.39. The van der Waals surface area contributed by atoms with Gasteiger partial charge in [-0.3, -0.25) is 4.79 Å². The van der Waals surface area contributed by atoms with E-state index in [1.807, 2.05) is 44.2 Å². The molecule has 3 heteroatoms. The van der Waals surface area contributed by atoms with E-state index in [0.29, 0.717) is 6.54 Å². The normalized spacial score (nSPS) is 11.0. The molecule has 3 nitrogen and oxygen atoms in total. The zero-order chi connectivity index (χ0) is 12.3. The Kier molecular flexibility index (Phi) is 3.47. The van der Waals surface area contributed by atoms with E-state index < -0.39 is 0 Å². The molecule has 90 valence electrons. The number of carbonyl (C=O) groups excluding carboxylic acids is 1. The first-order valence-corrected chi connectivity index (χ1v) is 5.92. The Morgan fingerprint density at radius 3 is 2.82 bits per heavy atom. The first kappa shape index (κ1) is 11.7. The van der Waals surface area contributed by atoms with Crippen LogP contribution in [0.3, 0.4) is 0 Å². The van der Waals surface area contributed by atoms with Gasteiger partial charge in [0.2, 0.25) is 5.91 Å². The molecule has 17 heavy (non-hydrogen) atoms. The number of amides is 1. The van der Waals surface area contributed by atoms with Crippen molar-refractivity contribution in [3.8, 4) is 0 Å². The van der Waals surface area contributed by atoms with Crippen LogP contribution in [0.2, 0.25) is 0 Å². The minimum atomic E-state index is 0.0330. The van der Waals surface area contributed by atoms with Crippen LogP contribution in [0.4, 0.5) is 0 Å². The van der Waals surface area contributed by atoms with E-state index >= 15 is 0 Å². The fourth-order valence-electron chi connectivity index (χ4n) is 1.67. The quantitative estimate of drug-likeness (QED) is 0.879. The van der Waals surface area contributed by atoms with E-state index in [-0.39, 0.29) is 11.8 Å². The maximum absolute atomic E-state index is 11.4. The van der Waals surface area contributed by atoms with Crippen LogP contribution in [0.25, 0.3) is 11.0 Å². The van der Waals surface area contributed by atoms with Crippen molar-refractivity contribution in [2.45, 2.75) is 20.3 Å². The minimum absolute atomic E-state index is 0.0330. The highest BCUT2D eigenvalue weighted by Crippen LogP contribution is 2.18. The predicted octanol–water partition coefficient (Wildman–Crippen LogP) is 2.75. The van der Waals surface area contributed by atoms with Gasteiger partial charge in [-0.25, -0.2) is 0 Å². The van der Waals surface area contributed by atoms with Crippen LogP contribution in [0.15, 0.2) is 34.7 Å². The summed E-state index contributed by atoms with van der Waals surface area (Å²) in [6, 6.07) is 9.94. The first-order valence-electron chi connectivity index (χ1n) is 5.92. The zero-order valence-electron chi connectivity index (χ0n) is 10.2. The second-order valence-electron chi connectivity index (χ2n) is 4.45. The molecule has 2 rings (SSSR count). The second kappa shape index (κ2) is 5.04. The van der Waals surface area contributed by atoms with Gasteiger partial charge in [-0.15, -0.1) is 0 Å². The summed E-state index contributed by atoms with van der Waals surface area (Å²) in [6.07, 6.45) is 0.729. The van der Waals surface area contributed by atoms with E-state index in [2.05, 4.69) is 5.32 Å². The van der Waals surface area contributed by atoms with Crippen molar-refractivity contribution < 1.29 is 9.21 Å². The molecular formula is C14H17NO2. The van der Waals surface area contributed by atoms with Gasteiger partial charge < -0.3 is 9.73 Å². The van der Waals surface area contributed by atoms with Crippen LogP contribution in [-0.2, 0) is 11.2 Å². The highest BCUT2D eigenvalue weighted by atomic mass is 16.3. The summed E-state index contributed by atoms with van der Waals surface area (Å²) >= 11 is 0. The number of rotatable bonds is 4. The van der Waals surface area contributed by atoms with Crippen molar-refractivity contribution in [2.75, 3.05) is 6.54 Å². The van der Waals surface area contributed by atoms with Gasteiger partial charge in [0.15, 0.2) is 0 Å². The summed E-state index contributed by atoms with van der Waals surface area (Å²) < 4.78 is 5.66. The summed E-state index contributed by atoms with van der Waals surface area (Å²) in [7, 11) is 0. The van der Waals surface area contributed by atoms with Crippen LogP contribution < -0.4 is 5.32 Å². The summed E-state index contributed by atoms with van der Waals surface area (Å²) in [4.78, 5) is 11.4. The van der Waals surface area contributed by atoms with Crippen LogP contribution in [0.5, 0.6) is 0 Å². The number of hydrogen-bond donors (Lipinski definition) is 1. The second-order valence-corrected chi connectivity index (χ2v) is 4.45. The molecule has 0 aliphatic heterocycles. The third-order valence-corrected chi connectivity index (χ3v) is 2.67. The molecule has 0 bridgehead atoms. The maximum Gasteiger partial charge on any atom is 0.222 e. The van der Waals surface area contributed by atoms with Gasteiger partial charge in [0.1, 0.15) is 11.3 Å². The molecule has 2 aromatic rings. The minimum Gasteiger partial charge on any atom is -0.461 e. The van der Waals surface area contributed by atoms with Crippen molar-refractivity contribution in [1.82, 2.24) is 5.32 Å². The molecule has 1 N–H and O–H groups in total. The molecule has 0 aliphatic rings. The van der Waals surface area contributed by atoms with E-state index in [0.717, 1.165) is 23.2 Å². The van der Waals surface area contributed by atoms with Gasteiger partial charge in [-0.2, -0.15) is 0 Å². The molecule has 0 spiro atoms. The third kappa shape index (κ3) is 2.87. The fraction of sp³-hybridized carbons (Fsp3) is 0.357. The molecule has 1 amide bonds. The predicted molar refractivity (Wildman–Crippen MR) is 67.8 cm³/mol. The lowest BCUT2D eigenvalue weighted by molar-refractivity contribution is -0.123. The Morgan fingerprint density at radius 1 is 1.35 bits per heavy atom. The number of nitrogens with one attached hydrogen (secondary N) is 1. The highest BCUT2D eigenvalue weighted by molar-refractivity contribution is 5.78. The number of furan rings is 1. The fourth-order valence-corrected chi connectivity index (χ4v) is 1.67. The summed E-state index contributed by atoms with van der Waals surface area (Å²) in [5.41, 5.74) is 0.901. The lowest BCUT2D eigenvalue weighted by atomic mass is 10.2. The van der Waals surface area contributed by atoms with Crippen LogP contribution in [-0.4, -0.2) is 12.5 Å². The smallest absolute Gasteiger partial charge is 0.222 e. The van der Waals surface area contributed by atoms with Gasteiger partial charge in [0, 0.05) is 24.3 Å². The lowest BCUT2D eigenvalue weighted by Gasteiger charge is -2.05. The van der Waals surface area contributed by atoms with Crippen molar-refractivity contribution in [2.24, 2.45) is 5.92 Å². The van der Waals surface area contributed by atoms with Crippen LogP contribution in [0, 0.1) is 5.92 Å². The largest absolute Gasteiger partial charge is 0.461 e. The molecule has 1 aromatic heterocycles. The Morgan fingerprint density at radius 2 is 2.12 bits per heavy atom. The summed E-state index contributed by atoms with van der Waals surface area (Å²) in [5, 5.41) is 3.98. The molecule has 0 fully saturated rings. The van der Waals surface area contributed by atoms with E-state index in [1.54, 1.807) is 0 Å². The zero-order valence-corrected chi connectivity index (χ0v) is 10.2. The molecule has 0 aliphatic carbocycles.